The number of nitrogens with zero attached hydrogens (tertiary/aromatic N) is 1. The van der Waals surface area contributed by atoms with Crippen molar-refractivity contribution in [1.82, 2.24) is 20.9 Å². The van der Waals surface area contributed by atoms with Gasteiger partial charge in [0, 0.05) is 19.6 Å². The van der Waals surface area contributed by atoms with Crippen molar-refractivity contribution >= 4 is 24.0 Å². The van der Waals surface area contributed by atoms with Gasteiger partial charge in [0.05, 0.1) is 0 Å². The third-order valence-corrected chi connectivity index (χ3v) is 6.99. The highest BCUT2D eigenvalue weighted by molar-refractivity contribution is 5.91. The fourth-order valence-corrected chi connectivity index (χ4v) is 4.85. The van der Waals surface area contributed by atoms with Crippen LogP contribution in [0.2, 0.25) is 0 Å². The van der Waals surface area contributed by atoms with Gasteiger partial charge in [-0.1, -0.05) is 42.5 Å². The van der Waals surface area contributed by atoms with Gasteiger partial charge in [0.15, 0.2) is 0 Å². The molecular weight excluding hydrogens is 552 g/mol. The summed E-state index contributed by atoms with van der Waals surface area (Å²) in [7, 11) is 0. The summed E-state index contributed by atoms with van der Waals surface area (Å²) in [6.07, 6.45) is 0.580. The van der Waals surface area contributed by atoms with E-state index >= 15 is 0 Å². The molecule has 4 N–H and O–H groups in total. The van der Waals surface area contributed by atoms with E-state index in [4.69, 9.17) is 9.47 Å². The molecule has 1 aliphatic heterocycles. The number of nitrogens with one attached hydrogen (secondary N) is 3. The number of carbonyl (C=O) groups excluding carboxylic acids is 4. The summed E-state index contributed by atoms with van der Waals surface area (Å²) in [4.78, 5) is 52.9. The number of benzene rings is 2. The minimum atomic E-state index is -0.907. The zero-order valence-corrected chi connectivity index (χ0v) is 25.7. The summed E-state index contributed by atoms with van der Waals surface area (Å²) in [6.45, 7) is 9.82. The lowest BCUT2D eigenvalue weighted by atomic mass is 10.1. The number of ether oxygens (including phenoxy) is 2. The van der Waals surface area contributed by atoms with Crippen LogP contribution in [-0.2, 0) is 32.2 Å². The second-order valence-corrected chi connectivity index (χ2v) is 11.8. The van der Waals surface area contributed by atoms with Crippen molar-refractivity contribution in [3.8, 4) is 5.75 Å². The number of carbonyl (C=O) groups is 4. The lowest BCUT2D eigenvalue weighted by molar-refractivity contribution is -0.131. The van der Waals surface area contributed by atoms with Crippen molar-refractivity contribution in [1.29, 1.82) is 0 Å². The predicted molar refractivity (Wildman–Crippen MR) is 161 cm³/mol. The smallest absolute Gasteiger partial charge is 0.410 e. The molecule has 4 amide bonds. The quantitative estimate of drug-likeness (QED) is 0.284. The summed E-state index contributed by atoms with van der Waals surface area (Å²) in [5, 5.41) is 18.4. The Balaban J connectivity index is 1.60. The summed E-state index contributed by atoms with van der Waals surface area (Å²) in [5.74, 6) is -0.624. The van der Waals surface area contributed by atoms with Crippen molar-refractivity contribution in [2.45, 2.75) is 91.1 Å². The maximum absolute atomic E-state index is 13.3. The average Bonchev–Trinajstić information content (AvgIpc) is 3.45. The highest BCUT2D eigenvalue weighted by Crippen LogP contribution is 2.23. The van der Waals surface area contributed by atoms with E-state index in [1.54, 1.807) is 46.8 Å². The molecule has 43 heavy (non-hydrogen) atoms. The van der Waals surface area contributed by atoms with Gasteiger partial charge in [-0.3, -0.25) is 14.5 Å². The van der Waals surface area contributed by atoms with Gasteiger partial charge >= 0.3 is 12.2 Å². The number of likely N-dealkylation sites (tertiary alicyclic amines) is 1. The van der Waals surface area contributed by atoms with E-state index in [-0.39, 0.29) is 31.9 Å². The number of aryl methyl sites for hydroxylation is 2. The Bertz CT molecular complexity index is 1250. The van der Waals surface area contributed by atoms with Crippen LogP contribution in [0.3, 0.4) is 0 Å². The minimum absolute atomic E-state index is 0.138. The molecule has 0 aliphatic carbocycles. The van der Waals surface area contributed by atoms with Gasteiger partial charge in [-0.15, -0.1) is 0 Å². The van der Waals surface area contributed by atoms with Crippen LogP contribution in [0.5, 0.6) is 5.75 Å². The Hall–Kier alpha value is -4.28. The van der Waals surface area contributed by atoms with Crippen molar-refractivity contribution in [3.05, 3.63) is 64.7 Å². The van der Waals surface area contributed by atoms with Crippen LogP contribution in [0, 0.1) is 13.8 Å². The number of rotatable bonds is 11. The Kier molecular flexibility index (Phi) is 11.8. The molecule has 2 atom stereocenters. The Labute approximate surface area is 253 Å². The van der Waals surface area contributed by atoms with Gasteiger partial charge in [-0.25, -0.2) is 9.59 Å². The largest absolute Gasteiger partial charge is 0.507 e. The molecule has 3 rings (SSSR count). The van der Waals surface area contributed by atoms with Gasteiger partial charge in [0.25, 0.3) is 0 Å². The average molecular weight is 597 g/mol. The second-order valence-electron chi connectivity index (χ2n) is 11.8. The molecule has 11 heteroatoms. The van der Waals surface area contributed by atoms with Crippen LogP contribution < -0.4 is 16.0 Å². The van der Waals surface area contributed by atoms with Gasteiger partial charge in [0.1, 0.15) is 30.0 Å². The molecule has 0 bridgehead atoms. The molecule has 1 aliphatic rings. The zero-order valence-electron chi connectivity index (χ0n) is 25.7. The topological polar surface area (TPSA) is 146 Å². The molecule has 0 unspecified atom stereocenters. The molecule has 1 heterocycles. The number of hydrogen-bond acceptors (Lipinski definition) is 7. The van der Waals surface area contributed by atoms with E-state index in [1.807, 2.05) is 30.3 Å². The van der Waals surface area contributed by atoms with Crippen LogP contribution in [0.25, 0.3) is 0 Å². The first-order chi connectivity index (χ1) is 20.3. The van der Waals surface area contributed by atoms with Crippen molar-refractivity contribution in [3.63, 3.8) is 0 Å². The molecule has 234 valence electrons. The highest BCUT2D eigenvalue weighted by Gasteiger charge is 2.38. The molecule has 0 spiro atoms. The number of alkyl carbamates (subject to hydrolysis) is 1. The first kappa shape index (κ1) is 33.2. The number of phenols is 1. The third-order valence-electron chi connectivity index (χ3n) is 6.99. The van der Waals surface area contributed by atoms with E-state index < -0.39 is 41.7 Å². The molecular formula is C32H44N4O7. The van der Waals surface area contributed by atoms with Crippen LogP contribution in [-0.4, -0.2) is 64.8 Å². The van der Waals surface area contributed by atoms with E-state index in [9.17, 15) is 24.3 Å². The van der Waals surface area contributed by atoms with Crippen LogP contribution >= 0.6 is 0 Å². The van der Waals surface area contributed by atoms with Crippen LogP contribution in [0.15, 0.2) is 42.5 Å². The molecule has 11 nitrogen and oxygen atoms in total. The zero-order chi connectivity index (χ0) is 31.6. The number of hydrogen-bond donors (Lipinski definition) is 4. The summed E-state index contributed by atoms with van der Waals surface area (Å²) < 4.78 is 10.7. The molecule has 0 radical (unpaired) electrons. The summed E-state index contributed by atoms with van der Waals surface area (Å²) in [6, 6.07) is 11.2. The Morgan fingerprint density at radius 2 is 1.70 bits per heavy atom. The molecule has 2 aromatic carbocycles. The fraction of sp³-hybridized carbons (Fsp3) is 0.500. The third kappa shape index (κ3) is 10.5. The number of amides is 4. The first-order valence-corrected chi connectivity index (χ1v) is 14.7. The van der Waals surface area contributed by atoms with Crippen molar-refractivity contribution in [2.24, 2.45) is 0 Å². The number of aromatic hydroxyl groups is 1. The Morgan fingerprint density at radius 1 is 1.02 bits per heavy atom. The molecule has 2 aromatic rings. The first-order valence-electron chi connectivity index (χ1n) is 14.7. The van der Waals surface area contributed by atoms with Crippen molar-refractivity contribution < 1.29 is 33.8 Å². The van der Waals surface area contributed by atoms with Gasteiger partial charge in [-0.2, -0.15) is 0 Å². The predicted octanol–water partition coefficient (Wildman–Crippen LogP) is 4.22. The van der Waals surface area contributed by atoms with Crippen LogP contribution in [0.4, 0.5) is 9.59 Å². The number of phenolic OH excluding ortho intramolecular Hbond substituents is 1. The minimum Gasteiger partial charge on any atom is -0.507 e. The summed E-state index contributed by atoms with van der Waals surface area (Å²) >= 11 is 0. The Morgan fingerprint density at radius 3 is 2.35 bits per heavy atom. The molecule has 0 aromatic heterocycles. The summed E-state index contributed by atoms with van der Waals surface area (Å²) in [5.41, 5.74) is 2.36. The fourth-order valence-electron chi connectivity index (χ4n) is 4.85. The van der Waals surface area contributed by atoms with Gasteiger partial charge in [0.2, 0.25) is 11.8 Å². The van der Waals surface area contributed by atoms with E-state index in [1.165, 1.54) is 4.90 Å². The van der Waals surface area contributed by atoms with E-state index in [0.717, 1.165) is 11.1 Å². The van der Waals surface area contributed by atoms with Gasteiger partial charge < -0.3 is 30.5 Å². The van der Waals surface area contributed by atoms with E-state index in [2.05, 4.69) is 16.0 Å². The normalized spacial score (nSPS) is 15.4. The second kappa shape index (κ2) is 15.3. The van der Waals surface area contributed by atoms with Gasteiger partial charge in [-0.05, 0) is 82.6 Å². The van der Waals surface area contributed by atoms with Crippen molar-refractivity contribution in [2.75, 3.05) is 13.1 Å². The monoisotopic (exact) mass is 596 g/mol. The highest BCUT2D eigenvalue weighted by atomic mass is 16.6. The molecule has 1 saturated heterocycles. The standard InChI is InChI=1S/C32H44N4O7/c1-21-17-24(18-22(2)27(21)37)19-34-28(38)25(13-9-15-33-30(40)42-20-23-11-7-6-8-12-23)35-29(39)26-14-10-16-36(26)31(41)43-32(3,4)5/h6-8,11-12,17-18,25-26,37H,9-10,13-16,19-20H2,1-5H3,(H,33,40)(H,34,38)(H,35,39)/t25-,26-/m0/s1. The van der Waals surface area contributed by atoms with E-state index in [0.29, 0.717) is 36.9 Å². The molecule has 1 fully saturated rings. The lowest BCUT2D eigenvalue weighted by Crippen LogP contribution is -2.53. The maximum Gasteiger partial charge on any atom is 0.410 e. The lowest BCUT2D eigenvalue weighted by Gasteiger charge is -2.29. The van der Waals surface area contributed by atoms with Crippen LogP contribution in [0.1, 0.15) is 68.7 Å². The molecule has 0 saturated carbocycles. The maximum atomic E-state index is 13.3. The SMILES string of the molecule is Cc1cc(CNC(=O)[C@H](CCCNC(=O)OCc2ccccc2)NC(=O)[C@@H]2CCCN2C(=O)OC(C)(C)C)cc(C)c1O.